The maximum atomic E-state index is 11.8. The predicted octanol–water partition coefficient (Wildman–Crippen LogP) is -0.244. The number of primary amides is 1. The zero-order chi connectivity index (χ0) is 13.8. The summed E-state index contributed by atoms with van der Waals surface area (Å²) >= 11 is 5.70. The molecule has 0 fully saturated rings. The van der Waals surface area contributed by atoms with Crippen molar-refractivity contribution < 1.29 is 17.9 Å². The lowest BCUT2D eigenvalue weighted by atomic mass is 10.5. The van der Waals surface area contributed by atoms with Gasteiger partial charge in [-0.2, -0.15) is 0 Å². The number of nitrogens with two attached hydrogens (primary N) is 2. The SMILES string of the molecule is NC(=O)OCCNS(=O)(=O)c1ccc(C(N)=S)s1. The molecule has 0 saturated carbocycles. The number of thiocarbonyl (C=S) groups is 1. The quantitative estimate of drug-likeness (QED) is 0.492. The highest BCUT2D eigenvalue weighted by molar-refractivity contribution is 7.91. The molecule has 18 heavy (non-hydrogen) atoms. The molecule has 1 amide bonds. The molecule has 0 aliphatic carbocycles. The lowest BCUT2D eigenvalue weighted by Gasteiger charge is -2.04. The van der Waals surface area contributed by atoms with Gasteiger partial charge in [-0.25, -0.2) is 17.9 Å². The number of thiophene rings is 1. The van der Waals surface area contributed by atoms with Gasteiger partial charge in [0.25, 0.3) is 0 Å². The Labute approximate surface area is 113 Å². The van der Waals surface area contributed by atoms with Gasteiger partial charge in [0, 0.05) is 6.54 Å². The van der Waals surface area contributed by atoms with Crippen LogP contribution in [0.3, 0.4) is 0 Å². The molecule has 7 nitrogen and oxygen atoms in total. The lowest BCUT2D eigenvalue weighted by Crippen LogP contribution is -2.28. The summed E-state index contributed by atoms with van der Waals surface area (Å²) in [6, 6.07) is 2.93. The van der Waals surface area contributed by atoms with Crippen molar-refractivity contribution in [3.8, 4) is 0 Å². The van der Waals surface area contributed by atoms with Crippen LogP contribution in [-0.2, 0) is 14.8 Å². The van der Waals surface area contributed by atoms with Gasteiger partial charge in [-0.05, 0) is 12.1 Å². The number of rotatable bonds is 6. The molecule has 0 unspecified atom stereocenters. The maximum absolute atomic E-state index is 11.8. The van der Waals surface area contributed by atoms with E-state index in [1.54, 1.807) is 0 Å². The fraction of sp³-hybridized carbons (Fsp3) is 0.250. The molecule has 0 aliphatic rings. The Morgan fingerprint density at radius 1 is 1.44 bits per heavy atom. The van der Waals surface area contributed by atoms with E-state index in [-0.39, 0.29) is 22.3 Å². The van der Waals surface area contributed by atoms with Crippen LogP contribution in [0.25, 0.3) is 0 Å². The van der Waals surface area contributed by atoms with Crippen LogP contribution in [0.1, 0.15) is 4.88 Å². The first-order valence-electron chi connectivity index (χ1n) is 4.64. The number of carbonyl (C=O) groups excluding carboxylic acids is 1. The van der Waals surface area contributed by atoms with Crippen LogP contribution in [0.4, 0.5) is 4.79 Å². The first-order chi connectivity index (χ1) is 8.33. The summed E-state index contributed by atoms with van der Waals surface area (Å²) in [6.45, 7) is -0.201. The molecule has 1 heterocycles. The Bertz CT molecular complexity index is 552. The first kappa shape index (κ1) is 14.8. The molecule has 0 aliphatic heterocycles. The highest BCUT2D eigenvalue weighted by Gasteiger charge is 2.17. The molecular weight excluding hydrogens is 298 g/mol. The van der Waals surface area contributed by atoms with Gasteiger partial charge < -0.3 is 16.2 Å². The average molecular weight is 309 g/mol. The van der Waals surface area contributed by atoms with Gasteiger partial charge in [-0.15, -0.1) is 11.3 Å². The molecule has 1 aromatic rings. The van der Waals surface area contributed by atoms with Gasteiger partial charge in [0.2, 0.25) is 10.0 Å². The minimum atomic E-state index is -3.65. The van der Waals surface area contributed by atoms with E-state index in [1.807, 2.05) is 0 Å². The van der Waals surface area contributed by atoms with E-state index in [0.29, 0.717) is 4.88 Å². The Morgan fingerprint density at radius 2 is 2.11 bits per heavy atom. The lowest BCUT2D eigenvalue weighted by molar-refractivity contribution is 0.159. The highest BCUT2D eigenvalue weighted by Crippen LogP contribution is 2.21. The molecule has 1 aromatic heterocycles. The third-order valence-electron chi connectivity index (χ3n) is 1.73. The van der Waals surface area contributed by atoms with Crippen LogP contribution in [0.15, 0.2) is 16.3 Å². The average Bonchev–Trinajstić information content (AvgIpc) is 2.74. The summed E-state index contributed by atoms with van der Waals surface area (Å²) in [5.74, 6) is 0. The van der Waals surface area contributed by atoms with Crippen molar-refractivity contribution in [3.63, 3.8) is 0 Å². The summed E-state index contributed by atoms with van der Waals surface area (Å²) in [5.41, 5.74) is 10.1. The standard InChI is InChI=1S/C8H11N3O4S3/c9-7(16)5-1-2-6(17-5)18(13,14)11-3-4-15-8(10)12/h1-2,11H,3-4H2,(H2,9,16)(H2,10,12). The van der Waals surface area contributed by atoms with Crippen molar-refractivity contribution in [1.29, 1.82) is 0 Å². The second-order valence-corrected chi connectivity index (χ2v) is 6.57. The van der Waals surface area contributed by atoms with Crippen molar-refractivity contribution in [2.75, 3.05) is 13.2 Å². The predicted molar refractivity (Wildman–Crippen MR) is 70.9 cm³/mol. The fourth-order valence-electron chi connectivity index (χ4n) is 0.996. The van der Waals surface area contributed by atoms with Crippen LogP contribution < -0.4 is 16.2 Å². The van der Waals surface area contributed by atoms with E-state index >= 15 is 0 Å². The van der Waals surface area contributed by atoms with Crippen LogP contribution in [-0.4, -0.2) is 32.7 Å². The zero-order valence-corrected chi connectivity index (χ0v) is 11.5. The number of amides is 1. The molecule has 0 atom stereocenters. The third kappa shape index (κ3) is 4.22. The molecular formula is C8H11N3O4S3. The van der Waals surface area contributed by atoms with Gasteiger partial charge in [0.15, 0.2) is 0 Å². The minimum absolute atomic E-state index is 0.0639. The number of hydrogen-bond acceptors (Lipinski definition) is 6. The van der Waals surface area contributed by atoms with Crippen molar-refractivity contribution in [3.05, 3.63) is 17.0 Å². The topological polar surface area (TPSA) is 125 Å². The van der Waals surface area contributed by atoms with Crippen LogP contribution >= 0.6 is 23.6 Å². The Kier molecular flexibility index (Phi) is 5.02. The van der Waals surface area contributed by atoms with Gasteiger partial charge in [-0.1, -0.05) is 12.2 Å². The van der Waals surface area contributed by atoms with E-state index in [2.05, 4.69) is 9.46 Å². The summed E-state index contributed by atoms with van der Waals surface area (Å²) in [6.07, 6.45) is -0.957. The van der Waals surface area contributed by atoms with Crippen LogP contribution in [0.5, 0.6) is 0 Å². The molecule has 0 radical (unpaired) electrons. The van der Waals surface area contributed by atoms with Gasteiger partial charge in [0.1, 0.15) is 15.8 Å². The number of hydrogen-bond donors (Lipinski definition) is 3. The monoisotopic (exact) mass is 309 g/mol. The summed E-state index contributed by atoms with van der Waals surface area (Å²) in [4.78, 5) is 10.9. The molecule has 0 spiro atoms. The number of nitrogens with one attached hydrogen (secondary N) is 1. The molecule has 0 saturated heterocycles. The number of sulfonamides is 1. The summed E-state index contributed by atoms with van der Waals surface area (Å²) in [5, 5.41) is 0. The minimum Gasteiger partial charge on any atom is -0.448 e. The highest BCUT2D eigenvalue weighted by atomic mass is 32.2. The first-order valence-corrected chi connectivity index (χ1v) is 7.35. The van der Waals surface area contributed by atoms with Crippen LogP contribution in [0, 0.1) is 0 Å². The van der Waals surface area contributed by atoms with Crippen molar-refractivity contribution in [1.82, 2.24) is 4.72 Å². The fourth-order valence-corrected chi connectivity index (χ4v) is 3.40. The largest absolute Gasteiger partial charge is 0.448 e. The van der Waals surface area contributed by atoms with Gasteiger partial charge >= 0.3 is 6.09 Å². The molecule has 0 aromatic carbocycles. The Morgan fingerprint density at radius 3 is 2.61 bits per heavy atom. The van der Waals surface area contributed by atoms with Crippen molar-refractivity contribution in [2.45, 2.75) is 4.21 Å². The van der Waals surface area contributed by atoms with E-state index in [1.165, 1.54) is 12.1 Å². The van der Waals surface area contributed by atoms with Gasteiger partial charge in [0.05, 0.1) is 4.88 Å². The van der Waals surface area contributed by atoms with Crippen molar-refractivity contribution in [2.24, 2.45) is 11.5 Å². The summed E-state index contributed by atoms with van der Waals surface area (Å²) in [7, 11) is -3.65. The van der Waals surface area contributed by atoms with Crippen LogP contribution in [0.2, 0.25) is 0 Å². The number of carbonyl (C=O) groups is 1. The van der Waals surface area contributed by atoms with E-state index in [0.717, 1.165) is 11.3 Å². The molecule has 100 valence electrons. The normalized spacial score (nSPS) is 11.1. The molecule has 0 bridgehead atoms. The number of ether oxygens (including phenoxy) is 1. The van der Waals surface area contributed by atoms with Crippen molar-refractivity contribution >= 4 is 44.7 Å². The Hall–Kier alpha value is -1.23. The smallest absolute Gasteiger partial charge is 0.404 e. The zero-order valence-electron chi connectivity index (χ0n) is 9.08. The summed E-state index contributed by atoms with van der Waals surface area (Å²) < 4.78 is 30.2. The van der Waals surface area contributed by atoms with E-state index in [9.17, 15) is 13.2 Å². The van der Waals surface area contributed by atoms with Gasteiger partial charge in [-0.3, -0.25) is 0 Å². The third-order valence-corrected chi connectivity index (χ3v) is 5.15. The molecule has 10 heteroatoms. The maximum Gasteiger partial charge on any atom is 0.404 e. The Balaban J connectivity index is 2.62. The van der Waals surface area contributed by atoms with E-state index in [4.69, 9.17) is 23.7 Å². The molecule has 1 rings (SSSR count). The second kappa shape index (κ2) is 6.09. The second-order valence-electron chi connectivity index (χ2n) is 3.05. The van der Waals surface area contributed by atoms with E-state index < -0.39 is 16.1 Å². The molecule has 5 N–H and O–H groups in total.